The lowest BCUT2D eigenvalue weighted by Crippen LogP contribution is -2.31. The van der Waals surface area contributed by atoms with Crippen LogP contribution in [0, 0.1) is 0 Å². The maximum Gasteiger partial charge on any atom is 0.323 e. The van der Waals surface area contributed by atoms with Crippen LogP contribution >= 0.6 is 0 Å². The molecule has 1 amide bonds. The largest absolute Gasteiger partial charge is 0.480 e. The summed E-state index contributed by atoms with van der Waals surface area (Å²) in [5.41, 5.74) is 0.886. The standard InChI is InChI=1S/C10H10N4O3/c1-13(6-9(15)16)10(17)7-4-12-14-3-2-11-5-8(7)14/h2-5H,6H2,1H3,(H,15,16). The number of hydrogen-bond donors (Lipinski definition) is 1. The van der Waals surface area contributed by atoms with Crippen molar-refractivity contribution in [3.05, 3.63) is 30.4 Å². The minimum Gasteiger partial charge on any atom is -0.480 e. The summed E-state index contributed by atoms with van der Waals surface area (Å²) in [6.45, 7) is -0.351. The van der Waals surface area contributed by atoms with Crippen molar-refractivity contribution in [2.75, 3.05) is 13.6 Å². The number of fused-ring (bicyclic) bond motifs is 1. The van der Waals surface area contributed by atoms with Crippen molar-refractivity contribution in [3.8, 4) is 0 Å². The first-order valence-corrected chi connectivity index (χ1v) is 4.84. The van der Waals surface area contributed by atoms with Crippen LogP contribution in [0.3, 0.4) is 0 Å². The zero-order chi connectivity index (χ0) is 12.4. The minimum absolute atomic E-state index is 0.335. The topological polar surface area (TPSA) is 87.8 Å². The van der Waals surface area contributed by atoms with Gasteiger partial charge in [0, 0.05) is 19.4 Å². The van der Waals surface area contributed by atoms with E-state index < -0.39 is 11.9 Å². The predicted octanol–water partition coefficient (Wildman–Crippen LogP) is -0.114. The van der Waals surface area contributed by atoms with Crippen molar-refractivity contribution in [2.24, 2.45) is 0 Å². The normalized spacial score (nSPS) is 10.4. The zero-order valence-corrected chi connectivity index (χ0v) is 9.07. The Morgan fingerprint density at radius 1 is 1.47 bits per heavy atom. The van der Waals surface area contributed by atoms with Gasteiger partial charge in [-0.15, -0.1) is 0 Å². The highest BCUT2D eigenvalue weighted by Gasteiger charge is 2.18. The van der Waals surface area contributed by atoms with Crippen molar-refractivity contribution in [1.29, 1.82) is 0 Å². The Morgan fingerprint density at radius 2 is 2.24 bits per heavy atom. The molecule has 0 aromatic carbocycles. The molecule has 0 aliphatic carbocycles. The van der Waals surface area contributed by atoms with Gasteiger partial charge in [-0.2, -0.15) is 5.10 Å². The fraction of sp³-hybridized carbons (Fsp3) is 0.200. The highest BCUT2D eigenvalue weighted by Crippen LogP contribution is 2.10. The number of carboxylic acid groups (broad SMARTS) is 1. The molecule has 88 valence electrons. The average molecular weight is 234 g/mol. The van der Waals surface area contributed by atoms with Gasteiger partial charge in [-0.25, -0.2) is 4.52 Å². The number of carbonyl (C=O) groups excluding carboxylic acids is 1. The van der Waals surface area contributed by atoms with Gasteiger partial charge < -0.3 is 10.0 Å². The Balaban J connectivity index is 2.33. The van der Waals surface area contributed by atoms with E-state index in [4.69, 9.17) is 5.11 Å². The molecule has 17 heavy (non-hydrogen) atoms. The predicted molar refractivity (Wildman–Crippen MR) is 57.6 cm³/mol. The molecule has 2 aromatic heterocycles. The number of carbonyl (C=O) groups is 2. The molecule has 0 fully saturated rings. The first-order valence-electron chi connectivity index (χ1n) is 4.84. The van der Waals surface area contributed by atoms with Gasteiger partial charge in [0.1, 0.15) is 6.54 Å². The summed E-state index contributed by atoms with van der Waals surface area (Å²) in [5, 5.41) is 12.6. The lowest BCUT2D eigenvalue weighted by Gasteiger charge is -2.13. The van der Waals surface area contributed by atoms with Crippen molar-refractivity contribution >= 4 is 17.4 Å². The average Bonchev–Trinajstić information content (AvgIpc) is 2.70. The van der Waals surface area contributed by atoms with Gasteiger partial charge in [-0.1, -0.05) is 0 Å². The number of nitrogens with zero attached hydrogens (tertiary/aromatic N) is 4. The van der Waals surface area contributed by atoms with Gasteiger partial charge >= 0.3 is 5.97 Å². The first kappa shape index (κ1) is 11.1. The van der Waals surface area contributed by atoms with Crippen LogP contribution in [0.25, 0.3) is 5.52 Å². The number of likely N-dealkylation sites (N-methyl/N-ethyl adjacent to an activating group) is 1. The maximum atomic E-state index is 11.9. The Bertz CT molecular complexity index is 578. The van der Waals surface area contributed by atoms with Crippen LogP contribution in [0.15, 0.2) is 24.8 Å². The molecule has 0 saturated carbocycles. The van der Waals surface area contributed by atoms with Crippen molar-refractivity contribution < 1.29 is 14.7 Å². The van der Waals surface area contributed by atoms with Gasteiger partial charge in [0.2, 0.25) is 0 Å². The van der Waals surface area contributed by atoms with E-state index in [2.05, 4.69) is 10.1 Å². The van der Waals surface area contributed by atoms with E-state index in [0.29, 0.717) is 11.1 Å². The molecule has 7 heteroatoms. The van der Waals surface area contributed by atoms with E-state index in [1.54, 1.807) is 12.4 Å². The van der Waals surface area contributed by atoms with E-state index in [1.165, 1.54) is 24.0 Å². The lowest BCUT2D eigenvalue weighted by atomic mass is 10.2. The molecule has 2 rings (SSSR count). The van der Waals surface area contributed by atoms with E-state index >= 15 is 0 Å². The fourth-order valence-electron chi connectivity index (χ4n) is 1.48. The molecule has 0 bridgehead atoms. The number of hydrogen-bond acceptors (Lipinski definition) is 4. The number of rotatable bonds is 3. The molecular formula is C10H10N4O3. The van der Waals surface area contributed by atoms with Crippen LogP contribution in [0.1, 0.15) is 10.4 Å². The van der Waals surface area contributed by atoms with Crippen LogP contribution in [-0.4, -0.2) is 50.1 Å². The van der Waals surface area contributed by atoms with E-state index in [0.717, 1.165) is 4.90 Å². The third-order valence-electron chi connectivity index (χ3n) is 2.27. The SMILES string of the molecule is CN(CC(=O)O)C(=O)c1cnn2ccncc12. The molecule has 0 unspecified atom stereocenters. The third-order valence-corrected chi connectivity index (χ3v) is 2.27. The Morgan fingerprint density at radius 3 is 2.94 bits per heavy atom. The summed E-state index contributed by atoms with van der Waals surface area (Å²) in [4.78, 5) is 27.5. The Hall–Kier alpha value is -2.44. The van der Waals surface area contributed by atoms with E-state index in [1.807, 2.05) is 0 Å². The number of carboxylic acids is 1. The van der Waals surface area contributed by atoms with Crippen molar-refractivity contribution in [3.63, 3.8) is 0 Å². The molecule has 1 N–H and O–H groups in total. The molecule has 0 aliphatic heterocycles. The third kappa shape index (κ3) is 2.07. The number of aliphatic carboxylic acids is 1. The smallest absolute Gasteiger partial charge is 0.323 e. The summed E-state index contributed by atoms with van der Waals surface area (Å²) in [5.74, 6) is -1.45. The molecule has 0 radical (unpaired) electrons. The first-order chi connectivity index (χ1) is 8.09. The quantitative estimate of drug-likeness (QED) is 0.800. The van der Waals surface area contributed by atoms with Gasteiger partial charge in [-0.3, -0.25) is 14.6 Å². The number of amides is 1. The summed E-state index contributed by atoms with van der Waals surface area (Å²) >= 11 is 0. The summed E-state index contributed by atoms with van der Waals surface area (Å²) in [6, 6.07) is 0. The van der Waals surface area contributed by atoms with Crippen LogP contribution in [0.4, 0.5) is 0 Å². The lowest BCUT2D eigenvalue weighted by molar-refractivity contribution is -0.137. The summed E-state index contributed by atoms with van der Waals surface area (Å²) < 4.78 is 1.51. The van der Waals surface area contributed by atoms with Crippen LogP contribution in [0.2, 0.25) is 0 Å². The van der Waals surface area contributed by atoms with Gasteiger partial charge in [0.15, 0.2) is 0 Å². The molecule has 0 saturated heterocycles. The fourth-order valence-corrected chi connectivity index (χ4v) is 1.48. The molecule has 0 atom stereocenters. The van der Waals surface area contributed by atoms with Crippen LogP contribution in [-0.2, 0) is 4.79 Å². The van der Waals surface area contributed by atoms with Crippen molar-refractivity contribution in [2.45, 2.75) is 0 Å². The second-order valence-electron chi connectivity index (χ2n) is 3.52. The molecular weight excluding hydrogens is 224 g/mol. The second-order valence-corrected chi connectivity index (χ2v) is 3.52. The highest BCUT2D eigenvalue weighted by molar-refractivity contribution is 6.01. The van der Waals surface area contributed by atoms with Gasteiger partial charge in [-0.05, 0) is 0 Å². The van der Waals surface area contributed by atoms with Gasteiger partial charge in [0.25, 0.3) is 5.91 Å². The number of aromatic nitrogens is 3. The Labute approximate surface area is 96.3 Å². The molecule has 0 aliphatic rings. The molecule has 7 nitrogen and oxygen atoms in total. The highest BCUT2D eigenvalue weighted by atomic mass is 16.4. The van der Waals surface area contributed by atoms with Crippen molar-refractivity contribution in [1.82, 2.24) is 19.5 Å². The monoisotopic (exact) mass is 234 g/mol. The second kappa shape index (κ2) is 4.20. The Kier molecular flexibility index (Phi) is 2.73. The van der Waals surface area contributed by atoms with E-state index in [9.17, 15) is 9.59 Å². The maximum absolute atomic E-state index is 11.9. The summed E-state index contributed by atoms with van der Waals surface area (Å²) in [6.07, 6.45) is 6.07. The molecule has 0 spiro atoms. The zero-order valence-electron chi connectivity index (χ0n) is 9.07. The molecule has 2 aromatic rings. The van der Waals surface area contributed by atoms with Gasteiger partial charge in [0.05, 0.1) is 23.5 Å². The molecule has 2 heterocycles. The van der Waals surface area contributed by atoms with E-state index in [-0.39, 0.29) is 6.54 Å². The minimum atomic E-state index is -1.06. The van der Waals surface area contributed by atoms with Crippen LogP contribution in [0.5, 0.6) is 0 Å². The van der Waals surface area contributed by atoms with Crippen LogP contribution < -0.4 is 0 Å². The summed E-state index contributed by atoms with van der Waals surface area (Å²) in [7, 11) is 1.43.